The second kappa shape index (κ2) is 9.30. The van der Waals surface area contributed by atoms with Gasteiger partial charge in [-0.15, -0.1) is 0 Å². The summed E-state index contributed by atoms with van der Waals surface area (Å²) in [4.78, 5) is 1.71. The minimum Gasteiger partial charge on any atom is -0.335 e. The minimum atomic E-state index is 0.822. The normalized spacial score (nSPS) is 9.50. The van der Waals surface area contributed by atoms with Crippen molar-refractivity contribution in [2.75, 3.05) is 7.11 Å². The van der Waals surface area contributed by atoms with Crippen LogP contribution in [0.3, 0.4) is 0 Å². The van der Waals surface area contributed by atoms with Crippen molar-refractivity contribution in [3.05, 3.63) is 58.0 Å². The van der Waals surface area contributed by atoms with Gasteiger partial charge in [0.15, 0.2) is 0 Å². The van der Waals surface area contributed by atoms with Crippen molar-refractivity contribution in [3.8, 4) is 16.9 Å². The fourth-order valence-corrected chi connectivity index (χ4v) is 2.31. The second-order valence-electron chi connectivity index (χ2n) is 4.04. The van der Waals surface area contributed by atoms with Crippen molar-refractivity contribution in [3.63, 3.8) is 0 Å². The van der Waals surface area contributed by atoms with Crippen LogP contribution in [0.4, 0.5) is 0 Å². The third-order valence-corrected chi connectivity index (χ3v) is 3.39. The third kappa shape index (κ3) is 5.03. The molecule has 20 heavy (non-hydrogen) atoms. The molecule has 110 valence electrons. The standard InChI is InChI=1S/C14H10IO.C3H7.Ni/c1-10-8-13(16-2)6-7-14(10)11-4-3-5-12(15)9-11;1-3-2;/h1,3,5-9H,2H3;3H,1-2H3;/q2*-1;. The molecule has 1 nitrogen and oxygen atoms in total. The first kappa shape index (κ1) is 17.4. The van der Waals surface area contributed by atoms with Crippen molar-refractivity contribution in [2.24, 2.45) is 0 Å². The zero-order valence-corrected chi connectivity index (χ0v) is 14.9. The van der Waals surface area contributed by atoms with Gasteiger partial charge in [0, 0.05) is 0 Å². The molecule has 0 atom stereocenters. The van der Waals surface area contributed by atoms with Crippen molar-refractivity contribution in [1.82, 2.24) is 0 Å². The molecule has 0 saturated carbocycles. The van der Waals surface area contributed by atoms with E-state index in [9.17, 15) is 0 Å². The van der Waals surface area contributed by atoms with Gasteiger partial charge in [0.25, 0.3) is 0 Å². The van der Waals surface area contributed by atoms with Gasteiger partial charge in [-0.3, -0.25) is 0 Å². The topological polar surface area (TPSA) is 9.23 Å². The summed E-state index contributed by atoms with van der Waals surface area (Å²) in [5.41, 5.74) is 3.15. The quantitative estimate of drug-likeness (QED) is 0.396. The summed E-state index contributed by atoms with van der Waals surface area (Å²) in [5.74, 6) is 0.822. The Kier molecular flexibility index (Phi) is 8.09. The zero-order chi connectivity index (χ0) is 15.0. The van der Waals surface area contributed by atoms with Gasteiger partial charge in [0.1, 0.15) is 0 Å². The predicted octanol–water partition coefficient (Wildman–Crippen LogP) is 4.69. The van der Waals surface area contributed by atoms with E-state index >= 15 is 0 Å². The summed E-state index contributed by atoms with van der Waals surface area (Å²) in [6.45, 7) is 4.00. The van der Waals surface area contributed by atoms with Crippen LogP contribution in [-0.2, 0) is 15.0 Å². The summed E-state index contributed by atoms with van der Waals surface area (Å²) >= 11 is 7.04. The molecule has 0 heterocycles. The first-order chi connectivity index (χ1) is 9.65. The maximum absolute atomic E-state index is 5.20. The molecule has 0 spiro atoms. The molecule has 0 aromatic heterocycles. The van der Waals surface area contributed by atoms with Gasteiger partial charge in [-0.25, -0.2) is 0 Å². The van der Waals surface area contributed by atoms with Gasteiger partial charge in [-0.05, 0) is 0 Å². The van der Waals surface area contributed by atoms with Crippen molar-refractivity contribution in [2.45, 2.75) is 13.8 Å². The Bertz CT molecular complexity index is 567. The van der Waals surface area contributed by atoms with E-state index in [4.69, 9.17) is 19.8 Å². The molecular weight excluding hydrogens is 406 g/mol. The SMILES string of the molecule is COc1ccc(-c2[c-]ccc(I)c2)c([CH]=[Ni])c1.C[CH-]C. The number of hydrogen-bond acceptors (Lipinski definition) is 1. The van der Waals surface area contributed by atoms with Gasteiger partial charge >= 0.3 is 123 Å². The number of benzene rings is 2. The van der Waals surface area contributed by atoms with Crippen LogP contribution in [-0.4, -0.2) is 12.1 Å². The molecule has 0 saturated heterocycles. The largest absolute Gasteiger partial charge is 0.335 e. The molecule has 2 rings (SSSR count). The molecule has 0 aliphatic carbocycles. The van der Waals surface area contributed by atoms with Crippen LogP contribution in [0.25, 0.3) is 11.1 Å². The molecule has 3 heteroatoms. The van der Waals surface area contributed by atoms with Crippen LogP contribution in [0.5, 0.6) is 5.75 Å². The number of halogens is 1. The molecule has 0 aliphatic rings. The average Bonchev–Trinajstić information content (AvgIpc) is 2.47. The number of rotatable bonds is 3. The van der Waals surface area contributed by atoms with E-state index in [2.05, 4.69) is 34.7 Å². The maximum atomic E-state index is 5.20. The molecule has 2 aromatic rings. The van der Waals surface area contributed by atoms with Crippen LogP contribution >= 0.6 is 22.6 Å². The Hall–Kier alpha value is -0.666. The van der Waals surface area contributed by atoms with Crippen molar-refractivity contribution < 1.29 is 19.8 Å². The van der Waals surface area contributed by atoms with Crippen molar-refractivity contribution in [1.29, 1.82) is 0 Å². The average molecular weight is 423 g/mol. The smallest absolute Gasteiger partial charge is 0.192 e. The van der Waals surface area contributed by atoms with E-state index in [0.29, 0.717) is 0 Å². The molecule has 0 unspecified atom stereocenters. The fourth-order valence-electron chi connectivity index (χ4n) is 1.58. The first-order valence-electron chi connectivity index (χ1n) is 6.15. The molecule has 0 fully saturated rings. The third-order valence-electron chi connectivity index (χ3n) is 2.41. The summed E-state index contributed by atoms with van der Waals surface area (Å²) < 4.78 is 6.38. The van der Waals surface area contributed by atoms with Gasteiger partial charge < -0.3 is 6.42 Å². The predicted molar refractivity (Wildman–Crippen MR) is 90.8 cm³/mol. The number of ether oxygens (including phenoxy) is 1. The molecule has 0 radical (unpaired) electrons. The van der Waals surface area contributed by atoms with Crippen LogP contribution in [0.2, 0.25) is 0 Å². The monoisotopic (exact) mass is 422 g/mol. The van der Waals surface area contributed by atoms with E-state index in [0.717, 1.165) is 22.4 Å². The van der Waals surface area contributed by atoms with Gasteiger partial charge in [-0.2, -0.15) is 13.8 Å². The van der Waals surface area contributed by atoms with Crippen LogP contribution in [0, 0.1) is 16.1 Å². The Morgan fingerprint density at radius 2 is 1.95 bits per heavy atom. The summed E-state index contributed by atoms with van der Waals surface area (Å²) in [5, 5.41) is 0. The molecule has 0 bridgehead atoms. The summed E-state index contributed by atoms with van der Waals surface area (Å²) in [7, 11) is 1.66. The van der Waals surface area contributed by atoms with E-state index in [1.807, 2.05) is 50.6 Å². The van der Waals surface area contributed by atoms with Crippen LogP contribution in [0.1, 0.15) is 19.4 Å². The van der Waals surface area contributed by atoms with Crippen LogP contribution < -0.4 is 4.74 Å². The molecule has 0 aliphatic heterocycles. The summed E-state index contributed by atoms with van der Waals surface area (Å²) in [6.07, 6.45) is 2.00. The van der Waals surface area contributed by atoms with E-state index in [1.165, 1.54) is 3.57 Å². The minimum absolute atomic E-state index is 0.822. The van der Waals surface area contributed by atoms with Crippen molar-refractivity contribution >= 4 is 27.6 Å². The van der Waals surface area contributed by atoms with E-state index in [-0.39, 0.29) is 0 Å². The Labute approximate surface area is 142 Å². The molecule has 0 N–H and O–H groups in total. The number of methoxy groups -OCH3 is 1. The first-order valence-corrected chi connectivity index (χ1v) is 7.80. The van der Waals surface area contributed by atoms with E-state index < -0.39 is 0 Å². The molecule has 2 aromatic carbocycles. The second-order valence-corrected chi connectivity index (χ2v) is 5.57. The van der Waals surface area contributed by atoms with Gasteiger partial charge in [0.2, 0.25) is 0 Å². The molecular formula is C17H17INiO-2. The van der Waals surface area contributed by atoms with E-state index in [1.54, 1.807) is 12.1 Å². The zero-order valence-electron chi connectivity index (χ0n) is 11.7. The van der Waals surface area contributed by atoms with Gasteiger partial charge in [-0.1, -0.05) is 0 Å². The maximum Gasteiger partial charge on any atom is -0.192 e. The number of hydrogen-bond donors (Lipinski definition) is 0. The van der Waals surface area contributed by atoms with Crippen LogP contribution in [0.15, 0.2) is 36.4 Å². The molecule has 0 amide bonds. The Balaban J connectivity index is 0.000000612. The summed E-state index contributed by atoms with van der Waals surface area (Å²) in [6, 6.07) is 15.2. The Morgan fingerprint density at radius 3 is 2.50 bits per heavy atom. The van der Waals surface area contributed by atoms with Gasteiger partial charge in [0.05, 0.1) is 0 Å². The Morgan fingerprint density at radius 1 is 1.25 bits per heavy atom. The fraction of sp³-hybridized carbons (Fsp3) is 0.176.